The van der Waals surface area contributed by atoms with Crippen molar-refractivity contribution in [2.75, 3.05) is 0 Å². The van der Waals surface area contributed by atoms with Crippen molar-refractivity contribution in [3.63, 3.8) is 0 Å². The number of pyridine rings is 2. The molecule has 0 amide bonds. The minimum atomic E-state index is 0.886. The van der Waals surface area contributed by atoms with Crippen molar-refractivity contribution in [2.24, 2.45) is 5.92 Å². The molecule has 1 aliphatic rings. The predicted octanol–water partition coefficient (Wildman–Crippen LogP) is 3.75. The van der Waals surface area contributed by atoms with Crippen molar-refractivity contribution in [1.29, 1.82) is 0 Å². The van der Waals surface area contributed by atoms with Gasteiger partial charge in [0.1, 0.15) is 0 Å². The molecule has 0 N–H and O–H groups in total. The van der Waals surface area contributed by atoms with Crippen LogP contribution in [0.5, 0.6) is 0 Å². The van der Waals surface area contributed by atoms with Gasteiger partial charge in [0.15, 0.2) is 5.65 Å². The molecule has 2 aromatic rings. The number of aryl methyl sites for hydroxylation is 1. The van der Waals surface area contributed by atoms with E-state index < -0.39 is 0 Å². The highest BCUT2D eigenvalue weighted by Gasteiger charge is 2.14. The molecule has 0 bridgehead atoms. The number of aromatic nitrogens is 2. The molecule has 0 aliphatic heterocycles. The fourth-order valence-electron chi connectivity index (χ4n) is 2.78. The Labute approximate surface area is 102 Å². The fourth-order valence-corrected chi connectivity index (χ4v) is 2.78. The van der Waals surface area contributed by atoms with Gasteiger partial charge >= 0.3 is 0 Å². The van der Waals surface area contributed by atoms with Crippen LogP contribution >= 0.6 is 0 Å². The molecule has 1 fully saturated rings. The highest BCUT2D eigenvalue weighted by Crippen LogP contribution is 2.28. The first kappa shape index (κ1) is 10.7. The molecule has 2 heterocycles. The van der Waals surface area contributed by atoms with Crippen LogP contribution in [-0.4, -0.2) is 9.97 Å². The van der Waals surface area contributed by atoms with Gasteiger partial charge < -0.3 is 0 Å². The van der Waals surface area contributed by atoms with Gasteiger partial charge in [-0.25, -0.2) is 9.97 Å². The van der Waals surface area contributed by atoms with Gasteiger partial charge in [-0.15, -0.1) is 0 Å². The first-order chi connectivity index (χ1) is 8.42. The van der Waals surface area contributed by atoms with Crippen LogP contribution in [0.1, 0.15) is 37.8 Å². The Morgan fingerprint density at radius 3 is 2.88 bits per heavy atom. The zero-order valence-corrected chi connectivity index (χ0v) is 10.1. The van der Waals surface area contributed by atoms with E-state index in [-0.39, 0.29) is 0 Å². The van der Waals surface area contributed by atoms with Crippen molar-refractivity contribution < 1.29 is 0 Å². The lowest BCUT2D eigenvalue weighted by molar-refractivity contribution is 0.501. The van der Waals surface area contributed by atoms with Gasteiger partial charge in [-0.2, -0.15) is 0 Å². The van der Waals surface area contributed by atoms with Gasteiger partial charge in [-0.3, -0.25) is 0 Å². The van der Waals surface area contributed by atoms with Crippen LogP contribution in [0, 0.1) is 5.92 Å². The fraction of sp³-hybridized carbons (Fsp3) is 0.467. The summed E-state index contributed by atoms with van der Waals surface area (Å²) in [5, 5.41) is 1.14. The maximum absolute atomic E-state index is 4.63. The molecule has 2 heteroatoms. The molecule has 2 nitrogen and oxygen atoms in total. The lowest BCUT2D eigenvalue weighted by Crippen LogP contribution is -1.98. The zero-order chi connectivity index (χ0) is 11.5. The van der Waals surface area contributed by atoms with E-state index in [1.807, 2.05) is 12.3 Å². The average molecular weight is 226 g/mol. The Morgan fingerprint density at radius 2 is 2.00 bits per heavy atom. The van der Waals surface area contributed by atoms with Crippen LogP contribution in [-0.2, 0) is 6.42 Å². The summed E-state index contributed by atoms with van der Waals surface area (Å²) in [7, 11) is 0. The summed E-state index contributed by atoms with van der Waals surface area (Å²) in [5.74, 6) is 0.941. The third kappa shape index (κ3) is 2.46. The third-order valence-corrected chi connectivity index (χ3v) is 3.81. The van der Waals surface area contributed by atoms with Gasteiger partial charge in [0, 0.05) is 17.3 Å². The molecule has 1 saturated carbocycles. The summed E-state index contributed by atoms with van der Waals surface area (Å²) in [6.07, 6.45) is 9.92. The Morgan fingerprint density at radius 1 is 1.12 bits per heavy atom. The summed E-state index contributed by atoms with van der Waals surface area (Å²) >= 11 is 0. The standard InChI is InChI=1S/C15H18N2/c1-2-5-12(4-1)7-9-14-10-8-13-6-3-11-16-15(13)17-14/h3,6,8,10-12H,1-2,4-5,7,9H2. The first-order valence-electron chi connectivity index (χ1n) is 6.62. The lowest BCUT2D eigenvalue weighted by atomic mass is 10.0. The highest BCUT2D eigenvalue weighted by molar-refractivity contribution is 5.74. The summed E-state index contributed by atoms with van der Waals surface area (Å²) in [6, 6.07) is 8.32. The second-order valence-electron chi connectivity index (χ2n) is 5.04. The van der Waals surface area contributed by atoms with Crippen LogP contribution in [0.4, 0.5) is 0 Å². The maximum atomic E-state index is 4.63. The smallest absolute Gasteiger partial charge is 0.159 e. The number of nitrogens with zero attached hydrogens (tertiary/aromatic N) is 2. The van der Waals surface area contributed by atoms with E-state index in [0.29, 0.717) is 0 Å². The van der Waals surface area contributed by atoms with E-state index in [2.05, 4.69) is 28.2 Å². The van der Waals surface area contributed by atoms with E-state index in [4.69, 9.17) is 0 Å². The van der Waals surface area contributed by atoms with Crippen LogP contribution in [0.2, 0.25) is 0 Å². The summed E-state index contributed by atoms with van der Waals surface area (Å²) in [6.45, 7) is 0. The van der Waals surface area contributed by atoms with Gasteiger partial charge in [0.2, 0.25) is 0 Å². The second-order valence-corrected chi connectivity index (χ2v) is 5.04. The van der Waals surface area contributed by atoms with Crippen molar-refractivity contribution in [3.05, 3.63) is 36.2 Å². The topological polar surface area (TPSA) is 25.8 Å². The van der Waals surface area contributed by atoms with Crippen LogP contribution in [0.25, 0.3) is 11.0 Å². The second kappa shape index (κ2) is 4.82. The Kier molecular flexibility index (Phi) is 3.04. The minimum absolute atomic E-state index is 0.886. The Bertz CT molecular complexity index is 501. The van der Waals surface area contributed by atoms with Gasteiger partial charge in [0.05, 0.1) is 0 Å². The quantitative estimate of drug-likeness (QED) is 0.796. The van der Waals surface area contributed by atoms with E-state index in [0.717, 1.165) is 23.4 Å². The molecule has 0 unspecified atom stereocenters. The molecule has 0 saturated heterocycles. The number of hydrogen-bond donors (Lipinski definition) is 0. The van der Waals surface area contributed by atoms with Crippen molar-refractivity contribution in [2.45, 2.75) is 38.5 Å². The maximum Gasteiger partial charge on any atom is 0.159 e. The first-order valence-corrected chi connectivity index (χ1v) is 6.62. The van der Waals surface area contributed by atoms with Crippen molar-refractivity contribution >= 4 is 11.0 Å². The molecule has 17 heavy (non-hydrogen) atoms. The minimum Gasteiger partial charge on any atom is -0.237 e. The lowest BCUT2D eigenvalue weighted by Gasteiger charge is -2.08. The summed E-state index contributed by atoms with van der Waals surface area (Å²) < 4.78 is 0. The number of fused-ring (bicyclic) bond motifs is 1. The number of rotatable bonds is 3. The van der Waals surface area contributed by atoms with Gasteiger partial charge in [-0.05, 0) is 43.0 Å². The molecule has 88 valence electrons. The summed E-state index contributed by atoms with van der Waals surface area (Å²) in [5.41, 5.74) is 2.08. The van der Waals surface area contributed by atoms with Gasteiger partial charge in [-0.1, -0.05) is 25.7 Å². The molecule has 2 aromatic heterocycles. The molecule has 0 radical (unpaired) electrons. The van der Waals surface area contributed by atoms with Crippen LogP contribution in [0.15, 0.2) is 30.5 Å². The van der Waals surface area contributed by atoms with Crippen LogP contribution < -0.4 is 0 Å². The average Bonchev–Trinajstić information content (AvgIpc) is 2.89. The molecular weight excluding hydrogens is 208 g/mol. The number of hydrogen-bond acceptors (Lipinski definition) is 2. The molecular formula is C15H18N2. The van der Waals surface area contributed by atoms with Crippen LogP contribution in [0.3, 0.4) is 0 Å². The predicted molar refractivity (Wildman–Crippen MR) is 69.8 cm³/mol. The molecule has 3 rings (SSSR count). The molecule has 0 aromatic carbocycles. The highest BCUT2D eigenvalue weighted by atomic mass is 14.8. The van der Waals surface area contributed by atoms with E-state index >= 15 is 0 Å². The molecule has 0 spiro atoms. The van der Waals surface area contributed by atoms with E-state index in [9.17, 15) is 0 Å². The Balaban J connectivity index is 1.72. The van der Waals surface area contributed by atoms with Crippen molar-refractivity contribution in [3.8, 4) is 0 Å². The van der Waals surface area contributed by atoms with Crippen molar-refractivity contribution in [1.82, 2.24) is 9.97 Å². The van der Waals surface area contributed by atoms with E-state index in [1.54, 1.807) is 0 Å². The Hall–Kier alpha value is -1.44. The third-order valence-electron chi connectivity index (χ3n) is 3.81. The van der Waals surface area contributed by atoms with E-state index in [1.165, 1.54) is 37.8 Å². The van der Waals surface area contributed by atoms with Gasteiger partial charge in [0.25, 0.3) is 0 Å². The summed E-state index contributed by atoms with van der Waals surface area (Å²) in [4.78, 5) is 8.94. The zero-order valence-electron chi connectivity index (χ0n) is 10.1. The monoisotopic (exact) mass is 226 g/mol. The normalized spacial score (nSPS) is 16.7. The molecule has 1 aliphatic carbocycles. The largest absolute Gasteiger partial charge is 0.237 e. The molecule has 0 atom stereocenters. The SMILES string of the molecule is c1cnc2nc(CCC3CCCC3)ccc2c1.